The number of rotatable bonds is 5. The highest BCUT2D eigenvalue weighted by molar-refractivity contribution is 5.90. The SMILES string of the molecule is CCOC(=O)C(C)Nc1ccc(C(N)=O)nn1. The van der Waals surface area contributed by atoms with E-state index in [1.807, 2.05) is 0 Å². The number of nitrogens with two attached hydrogens (primary N) is 1. The van der Waals surface area contributed by atoms with E-state index in [-0.39, 0.29) is 11.7 Å². The quantitative estimate of drug-likeness (QED) is 0.696. The Hall–Kier alpha value is -2.18. The van der Waals surface area contributed by atoms with Gasteiger partial charge in [-0.1, -0.05) is 0 Å². The van der Waals surface area contributed by atoms with Crippen LogP contribution in [0.2, 0.25) is 0 Å². The van der Waals surface area contributed by atoms with Crippen molar-refractivity contribution in [2.24, 2.45) is 5.73 Å². The number of aromatic nitrogens is 2. The number of hydrogen-bond donors (Lipinski definition) is 2. The minimum absolute atomic E-state index is 0.0688. The maximum absolute atomic E-state index is 11.3. The molecule has 0 saturated carbocycles. The summed E-state index contributed by atoms with van der Waals surface area (Å²) in [7, 11) is 0. The molecular formula is C10H14N4O3. The van der Waals surface area contributed by atoms with Crippen molar-refractivity contribution in [1.82, 2.24) is 10.2 Å². The van der Waals surface area contributed by atoms with Crippen molar-refractivity contribution in [3.05, 3.63) is 17.8 Å². The van der Waals surface area contributed by atoms with Gasteiger partial charge in [-0.05, 0) is 26.0 Å². The zero-order valence-electron chi connectivity index (χ0n) is 9.64. The minimum Gasteiger partial charge on any atom is -0.464 e. The number of amides is 1. The highest BCUT2D eigenvalue weighted by Gasteiger charge is 2.14. The molecule has 3 N–H and O–H groups in total. The summed E-state index contributed by atoms with van der Waals surface area (Å²) in [5.41, 5.74) is 5.09. The number of nitrogens with one attached hydrogen (secondary N) is 1. The second kappa shape index (κ2) is 5.78. The Morgan fingerprint density at radius 2 is 2.18 bits per heavy atom. The molecule has 0 bridgehead atoms. The molecular weight excluding hydrogens is 224 g/mol. The van der Waals surface area contributed by atoms with Crippen molar-refractivity contribution in [2.45, 2.75) is 19.9 Å². The van der Waals surface area contributed by atoms with Gasteiger partial charge in [0.15, 0.2) is 5.69 Å². The van der Waals surface area contributed by atoms with E-state index in [0.29, 0.717) is 12.4 Å². The van der Waals surface area contributed by atoms with Crippen molar-refractivity contribution in [3.63, 3.8) is 0 Å². The van der Waals surface area contributed by atoms with Crippen LogP contribution in [-0.4, -0.2) is 34.7 Å². The Morgan fingerprint density at radius 3 is 2.65 bits per heavy atom. The normalized spacial score (nSPS) is 11.6. The van der Waals surface area contributed by atoms with Crippen LogP contribution >= 0.6 is 0 Å². The van der Waals surface area contributed by atoms with E-state index in [0.717, 1.165) is 0 Å². The Balaban J connectivity index is 2.63. The van der Waals surface area contributed by atoms with Crippen LogP contribution in [-0.2, 0) is 9.53 Å². The van der Waals surface area contributed by atoms with Crippen LogP contribution < -0.4 is 11.1 Å². The fourth-order valence-electron chi connectivity index (χ4n) is 1.09. The molecule has 0 aliphatic heterocycles. The van der Waals surface area contributed by atoms with Crippen molar-refractivity contribution in [2.75, 3.05) is 11.9 Å². The van der Waals surface area contributed by atoms with Crippen LogP contribution in [0.25, 0.3) is 0 Å². The van der Waals surface area contributed by atoms with Gasteiger partial charge in [0.1, 0.15) is 11.9 Å². The fourth-order valence-corrected chi connectivity index (χ4v) is 1.09. The van der Waals surface area contributed by atoms with E-state index in [9.17, 15) is 9.59 Å². The Kier molecular flexibility index (Phi) is 4.38. The molecule has 1 amide bonds. The van der Waals surface area contributed by atoms with E-state index in [1.165, 1.54) is 12.1 Å². The summed E-state index contributed by atoms with van der Waals surface area (Å²) in [6.45, 7) is 3.69. The van der Waals surface area contributed by atoms with Crippen LogP contribution in [0.1, 0.15) is 24.3 Å². The molecule has 0 aliphatic rings. The molecule has 7 nitrogen and oxygen atoms in total. The molecule has 1 unspecified atom stereocenters. The molecule has 0 spiro atoms. The molecule has 0 saturated heterocycles. The summed E-state index contributed by atoms with van der Waals surface area (Å²) < 4.78 is 4.81. The van der Waals surface area contributed by atoms with Crippen molar-refractivity contribution >= 4 is 17.7 Å². The average molecular weight is 238 g/mol. The number of anilines is 1. The van der Waals surface area contributed by atoms with E-state index < -0.39 is 11.9 Å². The van der Waals surface area contributed by atoms with Gasteiger partial charge in [0.25, 0.3) is 5.91 Å². The van der Waals surface area contributed by atoms with Gasteiger partial charge < -0.3 is 15.8 Å². The van der Waals surface area contributed by atoms with Crippen LogP contribution in [0.15, 0.2) is 12.1 Å². The van der Waals surface area contributed by atoms with E-state index >= 15 is 0 Å². The molecule has 92 valence electrons. The predicted molar refractivity (Wildman–Crippen MR) is 60.3 cm³/mol. The van der Waals surface area contributed by atoms with E-state index in [2.05, 4.69) is 15.5 Å². The lowest BCUT2D eigenvalue weighted by Gasteiger charge is -2.12. The van der Waals surface area contributed by atoms with Gasteiger partial charge in [0.2, 0.25) is 0 Å². The monoisotopic (exact) mass is 238 g/mol. The number of carbonyl (C=O) groups is 2. The molecule has 1 rings (SSSR count). The molecule has 1 aromatic heterocycles. The van der Waals surface area contributed by atoms with Gasteiger partial charge in [0, 0.05) is 0 Å². The predicted octanol–water partition coefficient (Wildman–Crippen LogP) is -0.0610. The third-order valence-electron chi connectivity index (χ3n) is 1.92. The minimum atomic E-state index is -0.650. The number of carbonyl (C=O) groups excluding carboxylic acids is 2. The number of hydrogen-bond acceptors (Lipinski definition) is 6. The smallest absolute Gasteiger partial charge is 0.328 e. The lowest BCUT2D eigenvalue weighted by atomic mass is 10.3. The first kappa shape index (κ1) is 12.9. The highest BCUT2D eigenvalue weighted by Crippen LogP contribution is 2.04. The topological polar surface area (TPSA) is 107 Å². The molecule has 0 aromatic carbocycles. The Bertz CT molecular complexity index is 405. The second-order valence-electron chi connectivity index (χ2n) is 3.29. The molecule has 1 aromatic rings. The van der Waals surface area contributed by atoms with Gasteiger partial charge >= 0.3 is 5.97 Å². The first-order valence-corrected chi connectivity index (χ1v) is 5.11. The Morgan fingerprint density at radius 1 is 1.47 bits per heavy atom. The highest BCUT2D eigenvalue weighted by atomic mass is 16.5. The second-order valence-corrected chi connectivity index (χ2v) is 3.29. The molecule has 0 radical (unpaired) electrons. The summed E-state index contributed by atoms with van der Waals surface area (Å²) in [5, 5.41) is 10.1. The fraction of sp³-hybridized carbons (Fsp3) is 0.400. The molecule has 17 heavy (non-hydrogen) atoms. The number of primary amides is 1. The third-order valence-corrected chi connectivity index (χ3v) is 1.92. The molecule has 1 atom stereocenters. The summed E-state index contributed by atoms with van der Waals surface area (Å²) in [6, 6.07) is 2.40. The first-order valence-electron chi connectivity index (χ1n) is 5.11. The third kappa shape index (κ3) is 3.71. The summed E-state index contributed by atoms with van der Waals surface area (Å²) >= 11 is 0. The molecule has 0 fully saturated rings. The largest absolute Gasteiger partial charge is 0.464 e. The number of ether oxygens (including phenoxy) is 1. The average Bonchev–Trinajstić information content (AvgIpc) is 2.30. The maximum atomic E-state index is 11.3. The summed E-state index contributed by atoms with van der Waals surface area (Å²) in [4.78, 5) is 22.1. The van der Waals surface area contributed by atoms with Gasteiger partial charge in [-0.25, -0.2) is 4.79 Å². The van der Waals surface area contributed by atoms with Crippen molar-refractivity contribution < 1.29 is 14.3 Å². The summed E-state index contributed by atoms with van der Waals surface area (Å²) in [5.74, 6) is -0.661. The van der Waals surface area contributed by atoms with E-state index in [1.54, 1.807) is 13.8 Å². The standard InChI is InChI=1S/C10H14N4O3/c1-3-17-10(16)6(2)12-8-5-4-7(9(11)15)13-14-8/h4-6H,3H2,1-2H3,(H2,11,15)(H,12,14). The van der Waals surface area contributed by atoms with Crippen LogP contribution in [0.3, 0.4) is 0 Å². The lowest BCUT2D eigenvalue weighted by molar-refractivity contribution is -0.143. The van der Waals surface area contributed by atoms with Crippen LogP contribution in [0.4, 0.5) is 5.82 Å². The van der Waals surface area contributed by atoms with Gasteiger partial charge in [-0.3, -0.25) is 4.79 Å². The van der Waals surface area contributed by atoms with Crippen molar-refractivity contribution in [1.29, 1.82) is 0 Å². The maximum Gasteiger partial charge on any atom is 0.328 e. The lowest BCUT2D eigenvalue weighted by Crippen LogP contribution is -2.28. The molecule has 7 heteroatoms. The number of esters is 1. The number of nitrogens with zero attached hydrogens (tertiary/aromatic N) is 2. The van der Waals surface area contributed by atoms with Crippen molar-refractivity contribution in [3.8, 4) is 0 Å². The van der Waals surface area contributed by atoms with Crippen LogP contribution in [0.5, 0.6) is 0 Å². The Labute approximate surface area is 98.4 Å². The summed E-state index contributed by atoms with van der Waals surface area (Å²) in [6.07, 6.45) is 0. The van der Waals surface area contributed by atoms with Gasteiger partial charge in [-0.15, -0.1) is 10.2 Å². The molecule has 0 aliphatic carbocycles. The zero-order chi connectivity index (χ0) is 12.8. The van der Waals surface area contributed by atoms with E-state index in [4.69, 9.17) is 10.5 Å². The zero-order valence-corrected chi connectivity index (χ0v) is 9.64. The van der Waals surface area contributed by atoms with Crippen LogP contribution in [0, 0.1) is 0 Å². The first-order chi connectivity index (χ1) is 8.04. The van der Waals surface area contributed by atoms with Gasteiger partial charge in [-0.2, -0.15) is 0 Å². The van der Waals surface area contributed by atoms with Gasteiger partial charge in [0.05, 0.1) is 6.61 Å². The molecule has 1 heterocycles.